The number of ether oxygens (including phenoxy) is 1. The Morgan fingerprint density at radius 3 is 2.11 bits per heavy atom. The molecule has 1 aliphatic heterocycles. The third kappa shape index (κ3) is 3.18. The maximum absolute atomic E-state index is 12.0. The lowest BCUT2D eigenvalue weighted by molar-refractivity contribution is 0.328. The van der Waals surface area contributed by atoms with Gasteiger partial charge >= 0.3 is 0 Å². The van der Waals surface area contributed by atoms with Crippen molar-refractivity contribution in [2.24, 2.45) is 5.92 Å². The summed E-state index contributed by atoms with van der Waals surface area (Å²) in [5, 5.41) is -0.377. The van der Waals surface area contributed by atoms with E-state index in [9.17, 15) is 8.42 Å². The van der Waals surface area contributed by atoms with Crippen LogP contribution in [-0.2, 0) is 21.0 Å². The molecule has 3 nitrogen and oxygen atoms in total. The van der Waals surface area contributed by atoms with E-state index in [1.165, 1.54) is 0 Å². The summed E-state index contributed by atoms with van der Waals surface area (Å²) in [7, 11) is -3.16. The minimum absolute atomic E-state index is 0.360. The van der Waals surface area contributed by atoms with Gasteiger partial charge in [-0.3, -0.25) is 0 Å². The van der Waals surface area contributed by atoms with Crippen LogP contribution < -0.4 is 0 Å². The molecule has 19 heavy (non-hydrogen) atoms. The summed E-state index contributed by atoms with van der Waals surface area (Å²) in [6.07, 6.45) is 1.66. The lowest BCUT2D eigenvalue weighted by Crippen LogP contribution is -2.14. The highest BCUT2D eigenvalue weighted by atomic mass is 32.2. The van der Waals surface area contributed by atoms with Crippen LogP contribution in [0.5, 0.6) is 0 Å². The van der Waals surface area contributed by atoms with Crippen molar-refractivity contribution in [3.05, 3.63) is 29.8 Å². The summed E-state index contributed by atoms with van der Waals surface area (Å²) in [5.74, 6) is 0.475. The first-order chi connectivity index (χ1) is 8.82. The number of hydrogen-bond donors (Lipinski definition) is 0. The molecule has 0 aliphatic carbocycles. The maximum Gasteiger partial charge on any atom is 0.180 e. The minimum Gasteiger partial charge on any atom is -0.370 e. The van der Waals surface area contributed by atoms with Gasteiger partial charge in [0.05, 0.1) is 22.4 Å². The fourth-order valence-electron chi connectivity index (χ4n) is 2.37. The van der Waals surface area contributed by atoms with E-state index < -0.39 is 9.84 Å². The molecule has 1 fully saturated rings. The topological polar surface area (TPSA) is 46.7 Å². The molecule has 1 heterocycles. The third-order valence-corrected chi connectivity index (χ3v) is 5.92. The zero-order valence-corrected chi connectivity index (χ0v) is 12.8. The molecule has 0 radical (unpaired) electrons. The molecule has 0 amide bonds. The summed E-state index contributed by atoms with van der Waals surface area (Å²) in [6, 6.07) is 7.26. The number of hydrogen-bond acceptors (Lipinski definition) is 3. The van der Waals surface area contributed by atoms with Gasteiger partial charge in [0.15, 0.2) is 9.84 Å². The molecule has 2 rings (SSSR count). The van der Waals surface area contributed by atoms with E-state index in [1.807, 2.05) is 12.1 Å². The normalized spacial score (nSPS) is 24.5. The van der Waals surface area contributed by atoms with Gasteiger partial charge < -0.3 is 4.74 Å². The summed E-state index contributed by atoms with van der Waals surface area (Å²) < 4.78 is 29.5. The van der Waals surface area contributed by atoms with E-state index in [-0.39, 0.29) is 5.25 Å². The van der Waals surface area contributed by atoms with Crippen molar-refractivity contribution >= 4 is 9.84 Å². The van der Waals surface area contributed by atoms with Gasteiger partial charge in [-0.15, -0.1) is 0 Å². The van der Waals surface area contributed by atoms with E-state index in [2.05, 4.69) is 13.8 Å². The van der Waals surface area contributed by atoms with Gasteiger partial charge in [-0.05, 0) is 50.8 Å². The standard InChI is InChI=1S/C15H22O3S/c1-10(2)19(16,17)14-7-5-13(6-8-14)9-11(3)15-12(4)18-15/h5-8,10-12,15H,9H2,1-4H3. The fourth-order valence-corrected chi connectivity index (χ4v) is 3.43. The Kier molecular flexibility index (Phi) is 4.02. The van der Waals surface area contributed by atoms with Crippen molar-refractivity contribution in [1.82, 2.24) is 0 Å². The molecular weight excluding hydrogens is 260 g/mol. The molecule has 0 N–H and O–H groups in total. The van der Waals surface area contributed by atoms with Crippen molar-refractivity contribution < 1.29 is 13.2 Å². The van der Waals surface area contributed by atoms with Crippen molar-refractivity contribution in [3.63, 3.8) is 0 Å². The predicted octanol–water partition coefficient (Wildman–Crippen LogP) is 2.83. The first-order valence-corrected chi connectivity index (χ1v) is 8.35. The van der Waals surface area contributed by atoms with Crippen molar-refractivity contribution in [2.75, 3.05) is 0 Å². The monoisotopic (exact) mass is 282 g/mol. The molecule has 4 heteroatoms. The van der Waals surface area contributed by atoms with Crippen LogP contribution in [0.1, 0.15) is 33.3 Å². The highest BCUT2D eigenvalue weighted by Gasteiger charge is 2.38. The van der Waals surface area contributed by atoms with Crippen molar-refractivity contribution in [3.8, 4) is 0 Å². The van der Waals surface area contributed by atoms with E-state index >= 15 is 0 Å². The third-order valence-electron chi connectivity index (χ3n) is 3.75. The lowest BCUT2D eigenvalue weighted by atomic mass is 9.97. The molecule has 3 unspecified atom stereocenters. The SMILES string of the molecule is CC(Cc1ccc(S(=O)(=O)C(C)C)cc1)C1OC1C. The van der Waals surface area contributed by atoms with Crippen LogP contribution in [0.4, 0.5) is 0 Å². The van der Waals surface area contributed by atoms with Crippen LogP contribution in [0, 0.1) is 5.92 Å². The first-order valence-electron chi connectivity index (χ1n) is 6.80. The maximum atomic E-state index is 12.0. The fraction of sp³-hybridized carbons (Fsp3) is 0.600. The minimum atomic E-state index is -3.16. The lowest BCUT2D eigenvalue weighted by Gasteiger charge is -2.11. The number of sulfone groups is 1. The van der Waals surface area contributed by atoms with Crippen LogP contribution in [0.25, 0.3) is 0 Å². The Morgan fingerprint density at radius 2 is 1.68 bits per heavy atom. The average molecular weight is 282 g/mol. The van der Waals surface area contributed by atoms with E-state index in [1.54, 1.807) is 26.0 Å². The van der Waals surface area contributed by atoms with Gasteiger partial charge in [-0.2, -0.15) is 0 Å². The quantitative estimate of drug-likeness (QED) is 0.780. The second-order valence-corrected chi connectivity index (χ2v) is 8.23. The van der Waals surface area contributed by atoms with Crippen LogP contribution in [0.15, 0.2) is 29.2 Å². The molecule has 1 aliphatic rings. The number of epoxide rings is 1. The molecular formula is C15H22O3S. The summed E-state index contributed by atoms with van der Waals surface area (Å²) in [6.45, 7) is 7.67. The number of rotatable bonds is 5. The molecule has 1 aromatic carbocycles. The molecule has 106 valence electrons. The highest BCUT2D eigenvalue weighted by molar-refractivity contribution is 7.92. The molecule has 0 bridgehead atoms. The molecule has 0 aromatic heterocycles. The Balaban J connectivity index is 2.06. The summed E-state index contributed by atoms with van der Waals surface area (Å²) in [5.41, 5.74) is 1.16. The van der Waals surface area contributed by atoms with E-state index in [0.717, 1.165) is 12.0 Å². The average Bonchev–Trinajstić information content (AvgIpc) is 3.07. The summed E-state index contributed by atoms with van der Waals surface area (Å²) in [4.78, 5) is 0.412. The smallest absolute Gasteiger partial charge is 0.180 e. The Morgan fingerprint density at radius 1 is 1.16 bits per heavy atom. The molecule has 1 saturated heterocycles. The summed E-state index contributed by atoms with van der Waals surface area (Å²) >= 11 is 0. The van der Waals surface area contributed by atoms with Crippen molar-refractivity contribution in [1.29, 1.82) is 0 Å². The van der Waals surface area contributed by atoms with Gasteiger partial charge in [0, 0.05) is 0 Å². The molecule has 3 atom stereocenters. The molecule has 1 aromatic rings. The Hall–Kier alpha value is -0.870. The Labute approximate surface area is 115 Å². The van der Waals surface area contributed by atoms with Crippen LogP contribution >= 0.6 is 0 Å². The second-order valence-electron chi connectivity index (χ2n) is 5.72. The van der Waals surface area contributed by atoms with Crippen LogP contribution in [0.2, 0.25) is 0 Å². The largest absolute Gasteiger partial charge is 0.370 e. The molecule has 0 saturated carbocycles. The van der Waals surface area contributed by atoms with Gasteiger partial charge in [0.2, 0.25) is 0 Å². The van der Waals surface area contributed by atoms with Gasteiger partial charge in [0.25, 0.3) is 0 Å². The predicted molar refractivity (Wildman–Crippen MR) is 76.0 cm³/mol. The number of benzene rings is 1. The van der Waals surface area contributed by atoms with E-state index in [0.29, 0.717) is 23.0 Å². The van der Waals surface area contributed by atoms with Gasteiger partial charge in [-0.1, -0.05) is 19.1 Å². The van der Waals surface area contributed by atoms with Crippen LogP contribution in [0.3, 0.4) is 0 Å². The van der Waals surface area contributed by atoms with E-state index in [4.69, 9.17) is 4.74 Å². The zero-order valence-electron chi connectivity index (χ0n) is 12.0. The Bertz CT molecular complexity index is 531. The van der Waals surface area contributed by atoms with Crippen molar-refractivity contribution in [2.45, 2.75) is 56.5 Å². The van der Waals surface area contributed by atoms with Crippen LogP contribution in [-0.4, -0.2) is 25.9 Å². The first kappa shape index (κ1) is 14.5. The highest BCUT2D eigenvalue weighted by Crippen LogP contribution is 2.31. The molecule has 0 spiro atoms. The zero-order chi connectivity index (χ0) is 14.2. The van der Waals surface area contributed by atoms with Gasteiger partial charge in [0.1, 0.15) is 0 Å². The van der Waals surface area contributed by atoms with Gasteiger partial charge in [-0.25, -0.2) is 8.42 Å². The second kappa shape index (κ2) is 5.25.